The molecular weight excluding hydrogens is 580 g/mol. The third-order valence-electron chi connectivity index (χ3n) is 8.66. The standard InChI is InChI=1S/C36H42N6O4/c1-2-37-36(44)40-23-26-9-15-30(16-10-26)34-45-31(24-41-19-21-42(22-20-41)35-38-17-6-18-39-35)32(28-7-4-3-5-8-28)33(46-34)29-13-11-27(25-43)12-14-29/h3-18,31-34,43H,2,19-25H2,1H3,(H2,37,40,44). The lowest BCUT2D eigenvalue weighted by molar-refractivity contribution is -0.263. The smallest absolute Gasteiger partial charge is 0.315 e. The zero-order valence-corrected chi connectivity index (χ0v) is 26.2. The van der Waals surface area contributed by atoms with Gasteiger partial charge in [0, 0.05) is 69.7 Å². The van der Waals surface area contributed by atoms with Crippen LogP contribution in [-0.4, -0.2) is 71.4 Å². The number of nitrogens with zero attached hydrogens (tertiary/aromatic N) is 4. The summed E-state index contributed by atoms with van der Waals surface area (Å²) in [5, 5.41) is 15.3. The number of anilines is 1. The van der Waals surface area contributed by atoms with E-state index in [4.69, 9.17) is 9.47 Å². The van der Waals surface area contributed by atoms with Gasteiger partial charge in [0.25, 0.3) is 0 Å². The Kier molecular flexibility index (Phi) is 10.5. The van der Waals surface area contributed by atoms with Crippen molar-refractivity contribution in [2.75, 3.05) is 44.2 Å². The van der Waals surface area contributed by atoms with Crippen molar-refractivity contribution in [2.45, 2.75) is 44.5 Å². The number of benzene rings is 3. The van der Waals surface area contributed by atoms with Crippen molar-refractivity contribution in [3.63, 3.8) is 0 Å². The molecule has 2 amide bonds. The number of carbonyl (C=O) groups excluding carboxylic acids is 1. The van der Waals surface area contributed by atoms with Gasteiger partial charge >= 0.3 is 6.03 Å². The van der Waals surface area contributed by atoms with Crippen LogP contribution in [0.3, 0.4) is 0 Å². The highest BCUT2D eigenvalue weighted by Gasteiger charge is 2.42. The van der Waals surface area contributed by atoms with Crippen LogP contribution in [0.15, 0.2) is 97.3 Å². The summed E-state index contributed by atoms with van der Waals surface area (Å²) in [6.45, 7) is 7.04. The summed E-state index contributed by atoms with van der Waals surface area (Å²) in [6.07, 6.45) is 2.54. The number of ether oxygens (including phenoxy) is 2. The van der Waals surface area contributed by atoms with Gasteiger partial charge in [-0.05, 0) is 35.2 Å². The fraction of sp³-hybridized carbons (Fsp3) is 0.361. The molecular formula is C36H42N6O4. The molecule has 2 aliphatic rings. The van der Waals surface area contributed by atoms with Crippen LogP contribution in [0.4, 0.5) is 10.7 Å². The van der Waals surface area contributed by atoms with E-state index in [-0.39, 0.29) is 30.8 Å². The molecule has 46 heavy (non-hydrogen) atoms. The summed E-state index contributed by atoms with van der Waals surface area (Å²) >= 11 is 0. The molecule has 4 aromatic rings. The van der Waals surface area contributed by atoms with Crippen molar-refractivity contribution < 1.29 is 19.4 Å². The molecule has 4 atom stereocenters. The molecule has 2 fully saturated rings. The zero-order chi connectivity index (χ0) is 31.7. The molecule has 4 unspecified atom stereocenters. The van der Waals surface area contributed by atoms with Crippen LogP contribution >= 0.6 is 0 Å². The highest BCUT2D eigenvalue weighted by atomic mass is 16.7. The summed E-state index contributed by atoms with van der Waals surface area (Å²) < 4.78 is 13.8. The summed E-state index contributed by atoms with van der Waals surface area (Å²) in [7, 11) is 0. The lowest BCUT2D eigenvalue weighted by Gasteiger charge is -2.45. The van der Waals surface area contributed by atoms with E-state index in [9.17, 15) is 9.90 Å². The van der Waals surface area contributed by atoms with Gasteiger partial charge in [-0.25, -0.2) is 14.8 Å². The molecule has 0 aliphatic carbocycles. The topological polar surface area (TPSA) is 112 Å². The van der Waals surface area contributed by atoms with Crippen molar-refractivity contribution in [2.24, 2.45) is 0 Å². The van der Waals surface area contributed by atoms with Gasteiger partial charge in [0.15, 0.2) is 6.29 Å². The molecule has 3 heterocycles. The molecule has 10 nitrogen and oxygen atoms in total. The SMILES string of the molecule is CCNC(=O)NCc1ccc(C2OC(CN3CCN(c4ncccn4)CC3)C(c3ccccc3)C(c3ccc(CO)cc3)O2)cc1. The Morgan fingerprint density at radius 1 is 0.804 bits per heavy atom. The minimum absolute atomic E-state index is 0.0103. The van der Waals surface area contributed by atoms with E-state index < -0.39 is 6.29 Å². The van der Waals surface area contributed by atoms with E-state index in [0.29, 0.717) is 13.1 Å². The van der Waals surface area contributed by atoms with Crippen LogP contribution in [0.5, 0.6) is 0 Å². The van der Waals surface area contributed by atoms with Crippen LogP contribution in [0.1, 0.15) is 53.1 Å². The molecule has 0 saturated carbocycles. The number of aliphatic hydroxyl groups is 1. The van der Waals surface area contributed by atoms with Gasteiger partial charge in [-0.15, -0.1) is 0 Å². The molecule has 1 aromatic heterocycles. The van der Waals surface area contributed by atoms with Crippen molar-refractivity contribution in [3.05, 3.63) is 125 Å². The Morgan fingerprint density at radius 2 is 1.48 bits per heavy atom. The van der Waals surface area contributed by atoms with E-state index in [2.05, 4.69) is 66.8 Å². The minimum atomic E-state index is -0.586. The number of aromatic nitrogens is 2. The first-order valence-electron chi connectivity index (χ1n) is 16.0. The number of rotatable bonds is 10. The van der Waals surface area contributed by atoms with Gasteiger partial charge in [0.1, 0.15) is 0 Å². The second-order valence-electron chi connectivity index (χ2n) is 11.7. The first-order valence-corrected chi connectivity index (χ1v) is 16.0. The van der Waals surface area contributed by atoms with Crippen LogP contribution < -0.4 is 15.5 Å². The molecule has 6 rings (SSSR count). The number of hydrogen-bond donors (Lipinski definition) is 3. The summed E-state index contributed by atoms with van der Waals surface area (Å²) in [6, 6.07) is 28.2. The predicted octanol–water partition coefficient (Wildman–Crippen LogP) is 4.55. The normalized spacial score (nSPS) is 21.9. The number of urea groups is 1. The van der Waals surface area contributed by atoms with Gasteiger partial charge in [-0.3, -0.25) is 4.90 Å². The Balaban J connectivity index is 1.26. The third kappa shape index (κ3) is 7.71. The van der Waals surface area contributed by atoms with E-state index in [0.717, 1.165) is 66.5 Å². The summed E-state index contributed by atoms with van der Waals surface area (Å²) in [5.74, 6) is 0.705. The first kappa shape index (κ1) is 31.6. The highest BCUT2D eigenvalue weighted by molar-refractivity contribution is 5.73. The van der Waals surface area contributed by atoms with Crippen molar-refractivity contribution in [1.29, 1.82) is 0 Å². The molecule has 0 spiro atoms. The zero-order valence-electron chi connectivity index (χ0n) is 26.2. The summed E-state index contributed by atoms with van der Waals surface area (Å²) in [5.41, 5.74) is 4.96. The molecule has 2 saturated heterocycles. The number of hydrogen-bond acceptors (Lipinski definition) is 8. The Labute approximate surface area is 270 Å². The lowest BCUT2D eigenvalue weighted by Crippen LogP contribution is -2.51. The number of aliphatic hydroxyl groups excluding tert-OH is 1. The van der Waals surface area contributed by atoms with Crippen LogP contribution in [0, 0.1) is 0 Å². The first-order chi connectivity index (χ1) is 22.6. The highest BCUT2D eigenvalue weighted by Crippen LogP contribution is 2.47. The Hall–Kier alpha value is -4.35. The van der Waals surface area contributed by atoms with E-state index in [1.54, 1.807) is 12.4 Å². The number of nitrogens with one attached hydrogen (secondary N) is 2. The Bertz CT molecular complexity index is 1520. The largest absolute Gasteiger partial charge is 0.392 e. The second-order valence-corrected chi connectivity index (χ2v) is 11.7. The molecule has 0 radical (unpaired) electrons. The van der Waals surface area contributed by atoms with E-state index >= 15 is 0 Å². The van der Waals surface area contributed by atoms with Gasteiger partial charge < -0.3 is 30.1 Å². The molecule has 3 aromatic carbocycles. The average molecular weight is 623 g/mol. The van der Waals surface area contributed by atoms with E-state index in [1.807, 2.05) is 55.5 Å². The number of carbonyl (C=O) groups is 1. The Morgan fingerprint density at radius 3 is 2.15 bits per heavy atom. The summed E-state index contributed by atoms with van der Waals surface area (Å²) in [4.78, 5) is 25.5. The van der Waals surface area contributed by atoms with Crippen LogP contribution in [0.2, 0.25) is 0 Å². The molecule has 240 valence electrons. The number of piperazine rings is 1. The maximum Gasteiger partial charge on any atom is 0.315 e. The monoisotopic (exact) mass is 622 g/mol. The lowest BCUT2D eigenvalue weighted by atomic mass is 9.83. The minimum Gasteiger partial charge on any atom is -0.392 e. The van der Waals surface area contributed by atoms with Gasteiger partial charge in [-0.2, -0.15) is 0 Å². The number of amides is 2. The van der Waals surface area contributed by atoms with Crippen molar-refractivity contribution >= 4 is 12.0 Å². The molecule has 0 bridgehead atoms. The van der Waals surface area contributed by atoms with Gasteiger partial charge in [0.2, 0.25) is 5.95 Å². The average Bonchev–Trinajstić information content (AvgIpc) is 3.12. The van der Waals surface area contributed by atoms with E-state index in [1.165, 1.54) is 0 Å². The molecule has 3 N–H and O–H groups in total. The predicted molar refractivity (Wildman–Crippen MR) is 176 cm³/mol. The van der Waals surface area contributed by atoms with Crippen molar-refractivity contribution in [3.8, 4) is 0 Å². The van der Waals surface area contributed by atoms with Crippen LogP contribution in [0.25, 0.3) is 0 Å². The molecule has 2 aliphatic heterocycles. The van der Waals surface area contributed by atoms with Crippen molar-refractivity contribution in [1.82, 2.24) is 25.5 Å². The molecule has 10 heteroatoms. The maximum absolute atomic E-state index is 11.9. The quantitative estimate of drug-likeness (QED) is 0.236. The fourth-order valence-electron chi connectivity index (χ4n) is 6.20. The second kappa shape index (κ2) is 15.3. The maximum atomic E-state index is 11.9. The fourth-order valence-corrected chi connectivity index (χ4v) is 6.20. The van der Waals surface area contributed by atoms with Gasteiger partial charge in [-0.1, -0.05) is 78.9 Å². The van der Waals surface area contributed by atoms with Gasteiger partial charge in [0.05, 0.1) is 18.8 Å². The third-order valence-corrected chi connectivity index (χ3v) is 8.66. The van der Waals surface area contributed by atoms with Crippen LogP contribution in [-0.2, 0) is 22.6 Å².